The number of carbonyl (C=O) groups excluding carboxylic acids is 1. The summed E-state index contributed by atoms with van der Waals surface area (Å²) in [5.74, 6) is 0.138. The van der Waals surface area contributed by atoms with Gasteiger partial charge in [0.25, 0.3) is 0 Å². The van der Waals surface area contributed by atoms with E-state index in [1.54, 1.807) is 37.3 Å². The van der Waals surface area contributed by atoms with Gasteiger partial charge in [-0.25, -0.2) is 9.78 Å². The molecule has 31 heavy (non-hydrogen) atoms. The Morgan fingerprint density at radius 1 is 1.13 bits per heavy atom. The molecule has 0 radical (unpaired) electrons. The standard InChI is InChI=1S/C22H19ClF3NO4/c1-3-10-29-21(28)13(2)30-20-9-5-14-4-7-16(12-18(14)27-20)31-19-8-6-15(11-17(19)23)22(24,25)26/h4-9,11-13H,3,10H2,1-2H3. The Bertz CT molecular complexity index is 1090. The molecular weight excluding hydrogens is 435 g/mol. The molecule has 1 aromatic heterocycles. The number of rotatable bonds is 7. The van der Waals surface area contributed by atoms with Crippen molar-refractivity contribution in [3.63, 3.8) is 0 Å². The number of hydrogen-bond donors (Lipinski definition) is 0. The second-order valence-electron chi connectivity index (χ2n) is 6.68. The van der Waals surface area contributed by atoms with Crippen LogP contribution in [0.25, 0.3) is 10.9 Å². The van der Waals surface area contributed by atoms with Crippen molar-refractivity contribution in [3.8, 4) is 17.4 Å². The number of ether oxygens (including phenoxy) is 3. The van der Waals surface area contributed by atoms with E-state index in [1.165, 1.54) is 0 Å². The number of halogens is 4. The van der Waals surface area contributed by atoms with Gasteiger partial charge in [0.1, 0.15) is 11.5 Å². The SMILES string of the molecule is CCCOC(=O)C(C)Oc1ccc2ccc(Oc3ccc(C(F)(F)F)cc3Cl)cc2n1. The number of carbonyl (C=O) groups is 1. The predicted molar refractivity (Wildman–Crippen MR) is 110 cm³/mol. The van der Waals surface area contributed by atoms with Crippen molar-refractivity contribution < 1.29 is 32.2 Å². The quantitative estimate of drug-likeness (QED) is 0.386. The molecule has 3 rings (SSSR count). The van der Waals surface area contributed by atoms with E-state index < -0.39 is 23.8 Å². The van der Waals surface area contributed by atoms with Crippen LogP contribution >= 0.6 is 11.6 Å². The molecule has 0 aliphatic rings. The molecule has 1 unspecified atom stereocenters. The zero-order valence-corrected chi connectivity index (χ0v) is 17.5. The van der Waals surface area contributed by atoms with Gasteiger partial charge in [-0.2, -0.15) is 13.2 Å². The number of fused-ring (bicyclic) bond motifs is 1. The summed E-state index contributed by atoms with van der Waals surface area (Å²) in [5, 5.41) is 0.610. The van der Waals surface area contributed by atoms with Gasteiger partial charge in [-0.3, -0.25) is 0 Å². The van der Waals surface area contributed by atoms with E-state index in [9.17, 15) is 18.0 Å². The van der Waals surface area contributed by atoms with Crippen LogP contribution in [0.15, 0.2) is 48.5 Å². The van der Waals surface area contributed by atoms with Gasteiger partial charge >= 0.3 is 12.1 Å². The molecule has 0 fully saturated rings. The van der Waals surface area contributed by atoms with E-state index in [1.807, 2.05) is 6.92 Å². The molecule has 2 aromatic carbocycles. The number of benzene rings is 2. The first-order valence-electron chi connectivity index (χ1n) is 9.46. The third-order valence-corrected chi connectivity index (χ3v) is 4.50. The Hall–Kier alpha value is -3.00. The van der Waals surface area contributed by atoms with Gasteiger partial charge in [0.05, 0.1) is 22.7 Å². The Kier molecular flexibility index (Phi) is 6.90. The highest BCUT2D eigenvalue weighted by Gasteiger charge is 2.31. The normalized spacial score (nSPS) is 12.5. The zero-order valence-electron chi connectivity index (χ0n) is 16.7. The Balaban J connectivity index is 1.78. The van der Waals surface area contributed by atoms with Gasteiger partial charge in [0.15, 0.2) is 6.10 Å². The molecular formula is C22H19ClF3NO4. The van der Waals surface area contributed by atoms with Crippen LogP contribution in [0.3, 0.4) is 0 Å². The third-order valence-electron chi connectivity index (χ3n) is 4.20. The van der Waals surface area contributed by atoms with Crippen LogP contribution in [0, 0.1) is 0 Å². The largest absolute Gasteiger partial charge is 0.463 e. The van der Waals surface area contributed by atoms with Crippen LogP contribution in [-0.4, -0.2) is 23.7 Å². The lowest BCUT2D eigenvalue weighted by molar-refractivity contribution is -0.151. The van der Waals surface area contributed by atoms with E-state index in [0.717, 1.165) is 23.6 Å². The molecule has 3 aromatic rings. The minimum atomic E-state index is -4.49. The summed E-state index contributed by atoms with van der Waals surface area (Å²) in [4.78, 5) is 16.2. The maximum Gasteiger partial charge on any atom is 0.416 e. The first-order chi connectivity index (χ1) is 14.7. The number of esters is 1. The number of aromatic nitrogens is 1. The zero-order chi connectivity index (χ0) is 22.6. The first-order valence-corrected chi connectivity index (χ1v) is 9.84. The molecule has 1 atom stereocenters. The van der Waals surface area contributed by atoms with Crippen LogP contribution in [0.4, 0.5) is 13.2 Å². The summed E-state index contributed by atoms with van der Waals surface area (Å²) in [6.07, 6.45) is -4.62. The highest BCUT2D eigenvalue weighted by molar-refractivity contribution is 6.32. The van der Waals surface area contributed by atoms with E-state index in [0.29, 0.717) is 24.3 Å². The van der Waals surface area contributed by atoms with Crippen LogP contribution < -0.4 is 9.47 Å². The summed E-state index contributed by atoms with van der Waals surface area (Å²) in [6, 6.07) is 11.2. The second kappa shape index (κ2) is 9.43. The summed E-state index contributed by atoms with van der Waals surface area (Å²) in [5.41, 5.74) is -0.356. The molecule has 0 aliphatic heterocycles. The van der Waals surface area contributed by atoms with Crippen molar-refractivity contribution in [1.29, 1.82) is 0 Å². The summed E-state index contributed by atoms with van der Waals surface area (Å²) < 4.78 is 54.6. The van der Waals surface area contributed by atoms with Crippen LogP contribution in [-0.2, 0) is 15.7 Å². The van der Waals surface area contributed by atoms with Crippen LogP contribution in [0.5, 0.6) is 17.4 Å². The lowest BCUT2D eigenvalue weighted by atomic mass is 10.2. The number of pyridine rings is 1. The molecule has 0 spiro atoms. The summed E-state index contributed by atoms with van der Waals surface area (Å²) in [6.45, 7) is 3.77. The average molecular weight is 454 g/mol. The molecule has 0 aliphatic carbocycles. The van der Waals surface area contributed by atoms with Gasteiger partial charge in [0, 0.05) is 17.5 Å². The predicted octanol–water partition coefficient (Wildman–Crippen LogP) is 6.42. The summed E-state index contributed by atoms with van der Waals surface area (Å²) in [7, 11) is 0. The molecule has 0 saturated carbocycles. The van der Waals surface area contributed by atoms with E-state index in [2.05, 4.69) is 4.98 Å². The van der Waals surface area contributed by atoms with Crippen molar-refractivity contribution in [2.24, 2.45) is 0 Å². The fourth-order valence-electron chi connectivity index (χ4n) is 2.64. The molecule has 5 nitrogen and oxygen atoms in total. The van der Waals surface area contributed by atoms with Gasteiger partial charge in [0.2, 0.25) is 5.88 Å². The molecule has 1 heterocycles. The van der Waals surface area contributed by atoms with Crippen molar-refractivity contribution >= 4 is 28.5 Å². The van der Waals surface area contributed by atoms with Crippen molar-refractivity contribution in [1.82, 2.24) is 4.98 Å². The Morgan fingerprint density at radius 2 is 1.87 bits per heavy atom. The van der Waals surface area contributed by atoms with Crippen molar-refractivity contribution in [2.45, 2.75) is 32.5 Å². The van der Waals surface area contributed by atoms with E-state index in [4.69, 9.17) is 25.8 Å². The van der Waals surface area contributed by atoms with Crippen LogP contribution in [0.2, 0.25) is 5.02 Å². The smallest absolute Gasteiger partial charge is 0.416 e. The molecule has 0 saturated heterocycles. The van der Waals surface area contributed by atoms with E-state index >= 15 is 0 Å². The second-order valence-corrected chi connectivity index (χ2v) is 7.08. The Labute approximate surface area is 181 Å². The maximum absolute atomic E-state index is 12.8. The topological polar surface area (TPSA) is 57.7 Å². The molecule has 164 valence electrons. The number of hydrogen-bond acceptors (Lipinski definition) is 5. The van der Waals surface area contributed by atoms with Gasteiger partial charge in [-0.15, -0.1) is 0 Å². The fraction of sp³-hybridized carbons (Fsp3) is 0.273. The van der Waals surface area contributed by atoms with Gasteiger partial charge in [-0.05, 0) is 49.7 Å². The average Bonchev–Trinajstić information content (AvgIpc) is 2.72. The number of nitrogens with zero attached hydrogens (tertiary/aromatic N) is 1. The highest BCUT2D eigenvalue weighted by atomic mass is 35.5. The van der Waals surface area contributed by atoms with Gasteiger partial charge < -0.3 is 14.2 Å². The molecule has 0 N–H and O–H groups in total. The van der Waals surface area contributed by atoms with E-state index in [-0.39, 0.29) is 16.7 Å². The fourth-order valence-corrected chi connectivity index (χ4v) is 2.86. The highest BCUT2D eigenvalue weighted by Crippen LogP contribution is 2.36. The monoisotopic (exact) mass is 453 g/mol. The molecule has 9 heteroatoms. The number of alkyl halides is 3. The minimum absolute atomic E-state index is 0.0775. The third kappa shape index (κ3) is 5.79. The molecule has 0 amide bonds. The maximum atomic E-state index is 12.8. The van der Waals surface area contributed by atoms with Crippen LogP contribution in [0.1, 0.15) is 25.8 Å². The van der Waals surface area contributed by atoms with Gasteiger partial charge in [-0.1, -0.05) is 18.5 Å². The summed E-state index contributed by atoms with van der Waals surface area (Å²) >= 11 is 5.95. The van der Waals surface area contributed by atoms with Crippen molar-refractivity contribution in [2.75, 3.05) is 6.61 Å². The lowest BCUT2D eigenvalue weighted by Crippen LogP contribution is -2.26. The first kappa shape index (κ1) is 22.7. The minimum Gasteiger partial charge on any atom is -0.463 e. The molecule has 0 bridgehead atoms. The lowest BCUT2D eigenvalue weighted by Gasteiger charge is -2.14. The Morgan fingerprint density at radius 3 is 2.55 bits per heavy atom. The van der Waals surface area contributed by atoms with Crippen molar-refractivity contribution in [3.05, 3.63) is 59.1 Å².